The van der Waals surface area contributed by atoms with Crippen molar-refractivity contribution in [1.82, 2.24) is 4.90 Å². The lowest BCUT2D eigenvalue weighted by atomic mass is 9.88. The molecule has 1 saturated heterocycles. The van der Waals surface area contributed by atoms with Crippen molar-refractivity contribution in [2.45, 2.75) is 44.9 Å². The fourth-order valence-electron chi connectivity index (χ4n) is 4.68. The maximum atomic E-state index is 13.9. The van der Waals surface area contributed by atoms with Crippen LogP contribution in [0.2, 0.25) is 0 Å². The van der Waals surface area contributed by atoms with E-state index < -0.39 is 54.0 Å². The molecule has 1 N–H and O–H groups in total. The Morgan fingerprint density at radius 1 is 1.18 bits per heavy atom. The maximum absolute atomic E-state index is 13.9. The Kier molecular flexibility index (Phi) is 7.25. The molecule has 0 spiro atoms. The number of ether oxygens (including phenoxy) is 2. The molecule has 2 heterocycles. The number of hydrogen-bond donors (Lipinski definition) is 1. The monoisotopic (exact) mass is 543 g/mol. The number of nitriles is 1. The number of carbonyl (C=O) groups excluding carboxylic acids is 2. The molecule has 12 heteroatoms. The summed E-state index contributed by atoms with van der Waals surface area (Å²) >= 11 is 0. The Bertz CT molecular complexity index is 1390. The van der Waals surface area contributed by atoms with Gasteiger partial charge in [0.2, 0.25) is 0 Å². The Balaban J connectivity index is 1.95. The number of ketones is 1. The topological polar surface area (TPSA) is 120 Å². The molecule has 2 aliphatic rings. The van der Waals surface area contributed by atoms with Crippen LogP contribution in [0.1, 0.15) is 43.5 Å². The third-order valence-electron chi connectivity index (χ3n) is 6.41. The number of hydrogen-bond acceptors (Lipinski definition) is 6. The number of amides is 2. The first kappa shape index (κ1) is 27.8. The van der Waals surface area contributed by atoms with E-state index >= 15 is 0 Å². The molecule has 4 rings (SSSR count). The van der Waals surface area contributed by atoms with Crippen LogP contribution < -0.4 is 4.90 Å². The predicted octanol–water partition coefficient (Wildman–Crippen LogP) is 4.64. The lowest BCUT2D eigenvalue weighted by Gasteiger charge is -2.43. The first-order valence-corrected chi connectivity index (χ1v) is 11.8. The Morgan fingerprint density at radius 3 is 2.38 bits per heavy atom. The number of benzene rings is 2. The molecule has 0 saturated carbocycles. The number of carboxylic acid groups (broad SMARTS) is 1. The van der Waals surface area contributed by atoms with Gasteiger partial charge in [-0.3, -0.25) is 14.5 Å². The van der Waals surface area contributed by atoms with Crippen LogP contribution in [0.15, 0.2) is 59.8 Å². The summed E-state index contributed by atoms with van der Waals surface area (Å²) in [6, 6.07) is 9.63. The molecular formula is C27H24F3N3O6. The van der Waals surface area contributed by atoms with Crippen molar-refractivity contribution in [3.63, 3.8) is 0 Å². The van der Waals surface area contributed by atoms with Gasteiger partial charge < -0.3 is 19.5 Å². The first-order valence-electron chi connectivity index (χ1n) is 11.8. The summed E-state index contributed by atoms with van der Waals surface area (Å²) in [5, 5.41) is 18.9. The normalized spacial score (nSPS) is 21.2. The Hall–Kier alpha value is -4.21. The largest absolute Gasteiger partial charge is 0.480 e. The molecule has 0 radical (unpaired) electrons. The van der Waals surface area contributed by atoms with Gasteiger partial charge in [-0.2, -0.15) is 18.4 Å². The van der Waals surface area contributed by atoms with Gasteiger partial charge in [-0.05, 0) is 56.7 Å². The summed E-state index contributed by atoms with van der Waals surface area (Å²) in [6.07, 6.45) is -5.83. The minimum Gasteiger partial charge on any atom is -0.480 e. The molecule has 2 aromatic rings. The van der Waals surface area contributed by atoms with Crippen molar-refractivity contribution in [2.75, 3.05) is 18.1 Å². The second-order valence-corrected chi connectivity index (χ2v) is 9.50. The third kappa shape index (κ3) is 5.50. The number of carbonyl (C=O) groups is 3. The van der Waals surface area contributed by atoms with E-state index in [1.165, 1.54) is 37.3 Å². The number of allylic oxidation sites excluding steroid dienone is 1. The van der Waals surface area contributed by atoms with Crippen molar-refractivity contribution in [3.8, 4) is 6.07 Å². The highest BCUT2D eigenvalue weighted by Crippen LogP contribution is 2.42. The molecule has 0 aliphatic carbocycles. The van der Waals surface area contributed by atoms with Gasteiger partial charge in [0, 0.05) is 11.3 Å². The number of nitrogens with zero attached hydrogens (tertiary/aromatic N) is 3. The zero-order valence-electron chi connectivity index (χ0n) is 21.2. The Labute approximate surface area is 221 Å². The number of carboxylic acids is 1. The van der Waals surface area contributed by atoms with E-state index in [2.05, 4.69) is 0 Å². The van der Waals surface area contributed by atoms with Gasteiger partial charge in [0.15, 0.2) is 11.6 Å². The summed E-state index contributed by atoms with van der Waals surface area (Å²) in [5.74, 6) is -3.11. The SMILES string of the molecule is CC1=C(C(=O)C2COC(C)(C)O2)C(c2ccc(C#N)cc2)N(CC(=O)O)C(=O)N1c1cccc(C(F)(F)F)c1. The van der Waals surface area contributed by atoms with Gasteiger partial charge in [-0.15, -0.1) is 0 Å². The van der Waals surface area contributed by atoms with Crippen molar-refractivity contribution >= 4 is 23.5 Å². The zero-order valence-corrected chi connectivity index (χ0v) is 21.2. The average Bonchev–Trinajstić information content (AvgIpc) is 3.24. The van der Waals surface area contributed by atoms with Crippen molar-refractivity contribution in [2.24, 2.45) is 0 Å². The quantitative estimate of drug-likeness (QED) is 0.564. The number of rotatable bonds is 6. The molecule has 2 aromatic carbocycles. The van der Waals surface area contributed by atoms with Crippen LogP contribution in [-0.2, 0) is 25.2 Å². The summed E-state index contributed by atoms with van der Waals surface area (Å²) < 4.78 is 51.8. The van der Waals surface area contributed by atoms with Gasteiger partial charge in [-0.25, -0.2) is 4.79 Å². The zero-order chi connectivity index (χ0) is 28.7. The lowest BCUT2D eigenvalue weighted by molar-refractivity contribution is -0.150. The second kappa shape index (κ2) is 10.2. The molecule has 2 amide bonds. The molecule has 9 nitrogen and oxygen atoms in total. The van der Waals surface area contributed by atoms with E-state index in [0.29, 0.717) is 11.1 Å². The van der Waals surface area contributed by atoms with Crippen LogP contribution in [0.5, 0.6) is 0 Å². The lowest BCUT2D eigenvalue weighted by Crippen LogP contribution is -2.53. The summed E-state index contributed by atoms with van der Waals surface area (Å²) in [5.41, 5.74) is -0.651. The van der Waals surface area contributed by atoms with Crippen LogP contribution in [0.3, 0.4) is 0 Å². The number of halogens is 3. The average molecular weight is 543 g/mol. The molecule has 0 bridgehead atoms. The van der Waals surface area contributed by atoms with E-state index in [1.807, 2.05) is 6.07 Å². The van der Waals surface area contributed by atoms with E-state index in [-0.39, 0.29) is 23.6 Å². The minimum atomic E-state index is -4.71. The van der Waals surface area contributed by atoms with Crippen LogP contribution >= 0.6 is 0 Å². The van der Waals surface area contributed by atoms with Crippen molar-refractivity contribution < 1.29 is 42.1 Å². The molecule has 0 aromatic heterocycles. The van der Waals surface area contributed by atoms with E-state index in [0.717, 1.165) is 28.0 Å². The number of urea groups is 1. The Morgan fingerprint density at radius 2 is 1.85 bits per heavy atom. The minimum absolute atomic E-state index is 0.00799. The molecule has 39 heavy (non-hydrogen) atoms. The van der Waals surface area contributed by atoms with Gasteiger partial charge >= 0.3 is 18.2 Å². The number of aliphatic carboxylic acids is 1. The maximum Gasteiger partial charge on any atom is 0.416 e. The van der Waals surface area contributed by atoms with Crippen molar-refractivity contribution in [1.29, 1.82) is 5.26 Å². The second-order valence-electron chi connectivity index (χ2n) is 9.50. The van der Waals surface area contributed by atoms with Crippen LogP contribution in [0.4, 0.5) is 23.7 Å². The molecule has 2 aliphatic heterocycles. The molecule has 2 unspecified atom stereocenters. The summed E-state index contributed by atoms with van der Waals surface area (Å²) in [6.45, 7) is 3.63. The van der Waals surface area contributed by atoms with E-state index in [1.54, 1.807) is 13.8 Å². The highest BCUT2D eigenvalue weighted by Gasteiger charge is 2.47. The van der Waals surface area contributed by atoms with Gasteiger partial charge in [0.05, 0.1) is 35.5 Å². The smallest absolute Gasteiger partial charge is 0.416 e. The number of anilines is 1. The van der Waals surface area contributed by atoms with Crippen molar-refractivity contribution in [3.05, 3.63) is 76.5 Å². The molecule has 1 fully saturated rings. The number of Topliss-reactive ketones (excluding diaryl/α,β-unsaturated/α-hetero) is 1. The van der Waals surface area contributed by atoms with Crippen LogP contribution in [-0.4, -0.2) is 52.8 Å². The molecular weight excluding hydrogens is 519 g/mol. The van der Waals surface area contributed by atoms with E-state index in [9.17, 15) is 37.9 Å². The summed E-state index contributed by atoms with van der Waals surface area (Å²) in [7, 11) is 0. The molecule has 2 atom stereocenters. The highest BCUT2D eigenvalue weighted by molar-refractivity contribution is 6.08. The molecule has 204 valence electrons. The first-order chi connectivity index (χ1) is 18.2. The van der Waals surface area contributed by atoms with E-state index in [4.69, 9.17) is 9.47 Å². The van der Waals surface area contributed by atoms with Gasteiger partial charge in [0.25, 0.3) is 0 Å². The van der Waals surface area contributed by atoms with Gasteiger partial charge in [-0.1, -0.05) is 18.2 Å². The fourth-order valence-corrected chi connectivity index (χ4v) is 4.68. The predicted molar refractivity (Wildman–Crippen MR) is 130 cm³/mol. The van der Waals surface area contributed by atoms with Crippen LogP contribution in [0.25, 0.3) is 0 Å². The van der Waals surface area contributed by atoms with Crippen LogP contribution in [0, 0.1) is 11.3 Å². The summed E-state index contributed by atoms with van der Waals surface area (Å²) in [4.78, 5) is 41.4. The highest BCUT2D eigenvalue weighted by atomic mass is 19.4. The standard InChI is InChI=1S/C27H24F3N3O6/c1-15-22(24(36)20-14-38-26(2,3)39-20)23(17-9-7-16(12-31)8-10-17)32(13-21(34)35)25(37)33(15)19-6-4-5-18(11-19)27(28,29)30/h4-11,20,23H,13-14H2,1-3H3,(H,34,35). The fraction of sp³-hybridized carbons (Fsp3) is 0.333. The number of alkyl halides is 3. The van der Waals surface area contributed by atoms with Gasteiger partial charge in [0.1, 0.15) is 12.6 Å². The third-order valence-corrected chi connectivity index (χ3v) is 6.41.